The van der Waals surface area contributed by atoms with Gasteiger partial charge in [0.25, 0.3) is 0 Å². The largest absolute Gasteiger partial charge is 0.364 e. The van der Waals surface area contributed by atoms with Crippen molar-refractivity contribution in [3.8, 4) is 0 Å². The maximum absolute atomic E-state index is 12.5. The molecule has 27 heavy (non-hydrogen) atoms. The quantitative estimate of drug-likeness (QED) is 0.796. The zero-order chi connectivity index (χ0) is 18.4. The lowest BCUT2D eigenvalue weighted by Crippen LogP contribution is -2.56. The average Bonchev–Trinajstić information content (AvgIpc) is 3.03. The van der Waals surface area contributed by atoms with Gasteiger partial charge in [0, 0.05) is 6.04 Å². The number of hydrogen-bond acceptors (Lipinski definition) is 4. The molecule has 1 aromatic heterocycles. The number of benzene rings is 1. The standard InChI is InChI=1S/C22H28N2O2S/c1-14(22-9-15-6-16(10-22)8-17(7-15)11-22)23-20(25)12-26-13-21-24-18-4-2-3-5-19(18)27-21/h2-5,14-17H,6-13H2,1H3,(H,23,25)/t14-,15?,16?,17?,22?/m0/s1. The summed E-state index contributed by atoms with van der Waals surface area (Å²) in [6.07, 6.45) is 8.24. The highest BCUT2D eigenvalue weighted by molar-refractivity contribution is 7.18. The number of para-hydroxylation sites is 1. The molecule has 4 aliphatic carbocycles. The van der Waals surface area contributed by atoms with E-state index >= 15 is 0 Å². The minimum Gasteiger partial charge on any atom is -0.364 e. The maximum Gasteiger partial charge on any atom is 0.246 e. The Kier molecular flexibility index (Phi) is 4.47. The van der Waals surface area contributed by atoms with E-state index in [1.165, 1.54) is 38.5 Å². The van der Waals surface area contributed by atoms with Gasteiger partial charge in [-0.3, -0.25) is 4.79 Å². The molecule has 0 saturated heterocycles. The Morgan fingerprint density at radius 3 is 2.56 bits per heavy atom. The van der Waals surface area contributed by atoms with E-state index in [4.69, 9.17) is 4.74 Å². The van der Waals surface area contributed by atoms with Gasteiger partial charge in [-0.2, -0.15) is 0 Å². The van der Waals surface area contributed by atoms with Crippen molar-refractivity contribution in [2.75, 3.05) is 6.61 Å². The second kappa shape index (κ2) is 6.85. The van der Waals surface area contributed by atoms with Crippen LogP contribution in [0.1, 0.15) is 50.5 Å². The lowest BCUT2D eigenvalue weighted by Gasteiger charge is -2.59. The monoisotopic (exact) mass is 384 g/mol. The molecule has 1 heterocycles. The summed E-state index contributed by atoms with van der Waals surface area (Å²) in [4.78, 5) is 17.0. The molecule has 4 nitrogen and oxygen atoms in total. The van der Waals surface area contributed by atoms with Crippen molar-refractivity contribution in [1.29, 1.82) is 0 Å². The summed E-state index contributed by atoms with van der Waals surface area (Å²) in [6, 6.07) is 8.34. The van der Waals surface area contributed by atoms with E-state index in [0.29, 0.717) is 12.0 Å². The van der Waals surface area contributed by atoms with E-state index < -0.39 is 0 Å². The molecule has 1 aromatic carbocycles. The molecule has 0 spiro atoms. The van der Waals surface area contributed by atoms with E-state index in [1.807, 2.05) is 18.2 Å². The van der Waals surface area contributed by atoms with Gasteiger partial charge in [0.05, 0.1) is 16.8 Å². The van der Waals surface area contributed by atoms with Gasteiger partial charge in [-0.1, -0.05) is 12.1 Å². The highest BCUT2D eigenvalue weighted by Crippen LogP contribution is 2.61. The van der Waals surface area contributed by atoms with Crippen LogP contribution in [0.4, 0.5) is 0 Å². The molecule has 0 unspecified atom stereocenters. The van der Waals surface area contributed by atoms with Crippen molar-refractivity contribution in [2.45, 2.75) is 58.1 Å². The summed E-state index contributed by atoms with van der Waals surface area (Å²) in [7, 11) is 0. The van der Waals surface area contributed by atoms with E-state index in [0.717, 1.165) is 33.0 Å². The zero-order valence-electron chi connectivity index (χ0n) is 15.9. The summed E-state index contributed by atoms with van der Waals surface area (Å²) >= 11 is 1.63. The number of ether oxygens (including phenoxy) is 1. The van der Waals surface area contributed by atoms with Crippen LogP contribution in [0.5, 0.6) is 0 Å². The third-order valence-corrected chi connectivity index (χ3v) is 8.19. The second-order valence-corrected chi connectivity index (χ2v) is 10.3. The van der Waals surface area contributed by atoms with Gasteiger partial charge in [-0.05, 0) is 80.8 Å². The number of carbonyl (C=O) groups excluding carboxylic acids is 1. The van der Waals surface area contributed by atoms with Crippen LogP contribution in [0.3, 0.4) is 0 Å². The molecule has 144 valence electrons. The Morgan fingerprint density at radius 1 is 1.22 bits per heavy atom. The lowest BCUT2D eigenvalue weighted by atomic mass is 9.48. The van der Waals surface area contributed by atoms with Crippen LogP contribution in [0, 0.1) is 23.2 Å². The van der Waals surface area contributed by atoms with Crippen molar-refractivity contribution in [1.82, 2.24) is 10.3 Å². The van der Waals surface area contributed by atoms with E-state index in [2.05, 4.69) is 23.3 Å². The number of thiazole rings is 1. The summed E-state index contributed by atoms with van der Waals surface area (Å²) in [5.41, 5.74) is 1.35. The van der Waals surface area contributed by atoms with Gasteiger partial charge in [-0.25, -0.2) is 4.98 Å². The van der Waals surface area contributed by atoms with Crippen LogP contribution in [-0.2, 0) is 16.1 Å². The summed E-state index contributed by atoms with van der Waals surface area (Å²) in [6.45, 7) is 2.74. The van der Waals surface area contributed by atoms with Crippen LogP contribution < -0.4 is 5.32 Å². The number of amides is 1. The van der Waals surface area contributed by atoms with Crippen molar-refractivity contribution >= 4 is 27.5 Å². The number of nitrogens with one attached hydrogen (secondary N) is 1. The first kappa shape index (κ1) is 17.6. The highest BCUT2D eigenvalue weighted by atomic mass is 32.1. The lowest BCUT2D eigenvalue weighted by molar-refractivity contribution is -0.130. The van der Waals surface area contributed by atoms with E-state index in [9.17, 15) is 4.79 Å². The predicted octanol–water partition coefficient (Wildman–Crippen LogP) is 4.53. The number of nitrogens with zero attached hydrogens (tertiary/aromatic N) is 1. The smallest absolute Gasteiger partial charge is 0.246 e. The van der Waals surface area contributed by atoms with Crippen LogP contribution in [0.2, 0.25) is 0 Å². The molecule has 6 rings (SSSR count). The number of hydrogen-bond donors (Lipinski definition) is 1. The van der Waals surface area contributed by atoms with Crippen molar-refractivity contribution < 1.29 is 9.53 Å². The molecule has 0 radical (unpaired) electrons. The Hall–Kier alpha value is -1.46. The minimum absolute atomic E-state index is 0.0133. The van der Waals surface area contributed by atoms with Gasteiger partial charge in [0.2, 0.25) is 5.91 Å². The van der Waals surface area contributed by atoms with E-state index in [1.54, 1.807) is 11.3 Å². The van der Waals surface area contributed by atoms with Crippen molar-refractivity contribution in [3.63, 3.8) is 0 Å². The molecule has 1 amide bonds. The summed E-state index contributed by atoms with van der Waals surface area (Å²) < 4.78 is 6.83. The Labute approximate surface area is 164 Å². The first-order chi connectivity index (χ1) is 13.1. The molecule has 1 N–H and O–H groups in total. The maximum atomic E-state index is 12.5. The molecular weight excluding hydrogens is 356 g/mol. The number of fused-ring (bicyclic) bond motifs is 1. The first-order valence-electron chi connectivity index (χ1n) is 10.3. The topological polar surface area (TPSA) is 51.2 Å². The molecule has 4 saturated carbocycles. The zero-order valence-corrected chi connectivity index (χ0v) is 16.8. The fourth-order valence-electron chi connectivity index (χ4n) is 6.36. The summed E-state index contributed by atoms with van der Waals surface area (Å²) in [5, 5.41) is 4.20. The van der Waals surface area contributed by atoms with Crippen molar-refractivity contribution in [2.24, 2.45) is 23.2 Å². The third kappa shape index (κ3) is 3.40. The van der Waals surface area contributed by atoms with Gasteiger partial charge < -0.3 is 10.1 Å². The fraction of sp³-hybridized carbons (Fsp3) is 0.636. The number of rotatable bonds is 6. The van der Waals surface area contributed by atoms with Gasteiger partial charge in [-0.15, -0.1) is 11.3 Å². The molecule has 0 aliphatic heterocycles. The SMILES string of the molecule is C[C@H](NC(=O)COCc1nc2ccccc2s1)C12CC3CC(CC(C3)C1)C2. The van der Waals surface area contributed by atoms with Crippen LogP contribution in [-0.4, -0.2) is 23.5 Å². The molecule has 2 aromatic rings. The number of aromatic nitrogens is 1. The summed E-state index contributed by atoms with van der Waals surface area (Å²) in [5.74, 6) is 2.74. The molecule has 4 bridgehead atoms. The minimum atomic E-state index is 0.0133. The van der Waals surface area contributed by atoms with Crippen LogP contribution >= 0.6 is 11.3 Å². The third-order valence-electron chi connectivity index (χ3n) is 7.18. The second-order valence-electron chi connectivity index (χ2n) is 9.14. The Morgan fingerprint density at radius 2 is 1.89 bits per heavy atom. The molecular formula is C22H28N2O2S. The fourth-order valence-corrected chi connectivity index (χ4v) is 7.26. The normalized spacial score (nSPS) is 32.7. The predicted molar refractivity (Wildman–Crippen MR) is 107 cm³/mol. The molecule has 4 fully saturated rings. The van der Waals surface area contributed by atoms with Gasteiger partial charge in [0.1, 0.15) is 11.6 Å². The van der Waals surface area contributed by atoms with Crippen molar-refractivity contribution in [3.05, 3.63) is 29.3 Å². The Balaban J connectivity index is 1.14. The molecule has 5 heteroatoms. The Bertz CT molecular complexity index is 777. The van der Waals surface area contributed by atoms with Crippen LogP contribution in [0.25, 0.3) is 10.2 Å². The highest BCUT2D eigenvalue weighted by Gasteiger charge is 2.53. The van der Waals surface area contributed by atoms with E-state index in [-0.39, 0.29) is 18.6 Å². The number of carbonyl (C=O) groups is 1. The van der Waals surface area contributed by atoms with Crippen LogP contribution in [0.15, 0.2) is 24.3 Å². The first-order valence-corrected chi connectivity index (χ1v) is 11.1. The molecule has 4 aliphatic rings. The van der Waals surface area contributed by atoms with Gasteiger partial charge in [0.15, 0.2) is 0 Å². The molecule has 1 atom stereocenters. The average molecular weight is 385 g/mol. The van der Waals surface area contributed by atoms with Gasteiger partial charge >= 0.3 is 0 Å².